The van der Waals surface area contributed by atoms with E-state index in [9.17, 15) is 0 Å². The van der Waals surface area contributed by atoms with E-state index in [2.05, 4.69) is 120 Å². The molecule has 3 nitrogen and oxygen atoms in total. The monoisotopic (exact) mass is 701 g/mol. The Labute approximate surface area is 320 Å². The van der Waals surface area contributed by atoms with Crippen molar-refractivity contribution in [2.24, 2.45) is 0 Å². The van der Waals surface area contributed by atoms with Gasteiger partial charge in [0.15, 0.2) is 0 Å². The highest BCUT2D eigenvalue weighted by atomic mass is 16.5. The molecule has 0 saturated heterocycles. The van der Waals surface area contributed by atoms with Crippen LogP contribution in [-0.2, 0) is 22.3 Å². The van der Waals surface area contributed by atoms with Crippen molar-refractivity contribution in [1.29, 1.82) is 0 Å². The fourth-order valence-corrected chi connectivity index (χ4v) is 8.99. The smallest absolute Gasteiger partial charge is 0.246 e. The lowest BCUT2D eigenvalue weighted by Gasteiger charge is -2.44. The zero-order valence-corrected chi connectivity index (χ0v) is 32.2. The van der Waals surface area contributed by atoms with Gasteiger partial charge in [0.25, 0.3) is 0 Å². The van der Waals surface area contributed by atoms with Gasteiger partial charge in [-0.1, -0.05) is 165 Å². The molecule has 5 aromatic carbocycles. The first kappa shape index (κ1) is 37.3. The molecule has 0 aromatic heterocycles. The minimum absolute atomic E-state index is 0.180. The van der Waals surface area contributed by atoms with Crippen molar-refractivity contribution in [1.82, 2.24) is 0 Å². The van der Waals surface area contributed by atoms with Crippen molar-refractivity contribution in [3.63, 3.8) is 0 Å². The average molecular weight is 702 g/mol. The van der Waals surface area contributed by atoms with Crippen LogP contribution >= 0.6 is 0 Å². The highest BCUT2D eigenvalue weighted by Gasteiger charge is 2.43. The number of nitrogens with zero attached hydrogens (tertiary/aromatic N) is 1. The molecule has 2 aliphatic rings. The molecule has 5 aromatic rings. The van der Waals surface area contributed by atoms with E-state index in [0.29, 0.717) is 0 Å². The van der Waals surface area contributed by atoms with E-state index in [0.717, 1.165) is 26.1 Å². The van der Waals surface area contributed by atoms with Crippen molar-refractivity contribution in [3.8, 4) is 0 Å². The van der Waals surface area contributed by atoms with Crippen LogP contribution in [0.15, 0.2) is 115 Å². The van der Waals surface area contributed by atoms with Crippen molar-refractivity contribution in [2.45, 2.75) is 89.9 Å². The van der Waals surface area contributed by atoms with E-state index in [1.54, 1.807) is 14.2 Å². The summed E-state index contributed by atoms with van der Waals surface area (Å²) < 4.78 is 10.5. The molecule has 272 valence electrons. The maximum Gasteiger partial charge on any atom is 0.246 e. The Morgan fingerprint density at radius 2 is 0.887 bits per heavy atom. The highest BCUT2D eigenvalue weighted by molar-refractivity contribution is 7.02. The lowest BCUT2D eigenvalue weighted by atomic mass is 9.30. The molecule has 7 rings (SSSR count). The number of ether oxygens (including phenoxy) is 2. The highest BCUT2D eigenvalue weighted by Crippen LogP contribution is 2.38. The zero-order valence-electron chi connectivity index (χ0n) is 32.2. The molecule has 0 spiro atoms. The SMILES string of the molecule is COCCCCCCCCc1cc2c3c(c1)B(c1ccccc1)c1ccc(CCCCCCCCOC)cc1N3c1ccccc1B2c1ccccc1. The number of anilines is 3. The molecule has 2 heterocycles. The molecule has 0 saturated carbocycles. The molecule has 5 heteroatoms. The van der Waals surface area contributed by atoms with E-state index in [1.165, 1.54) is 138 Å². The van der Waals surface area contributed by atoms with E-state index < -0.39 is 0 Å². The lowest BCUT2D eigenvalue weighted by molar-refractivity contribution is 0.192. The Morgan fingerprint density at radius 1 is 0.415 bits per heavy atom. The van der Waals surface area contributed by atoms with Gasteiger partial charge >= 0.3 is 0 Å². The third-order valence-electron chi connectivity index (χ3n) is 11.6. The van der Waals surface area contributed by atoms with Gasteiger partial charge in [-0.25, -0.2) is 0 Å². The van der Waals surface area contributed by atoms with E-state index in [1.807, 2.05) is 0 Å². The number of unbranched alkanes of at least 4 members (excludes halogenated alkanes) is 10. The first-order valence-electron chi connectivity index (χ1n) is 20.5. The predicted molar refractivity (Wildman–Crippen MR) is 230 cm³/mol. The van der Waals surface area contributed by atoms with Crippen LogP contribution in [0.2, 0.25) is 0 Å². The van der Waals surface area contributed by atoms with Crippen LogP contribution < -0.4 is 37.7 Å². The summed E-state index contributed by atoms with van der Waals surface area (Å²) in [6.07, 6.45) is 17.3. The van der Waals surface area contributed by atoms with Crippen LogP contribution in [0.5, 0.6) is 0 Å². The van der Waals surface area contributed by atoms with Crippen molar-refractivity contribution >= 4 is 63.3 Å². The predicted octanol–water partition coefficient (Wildman–Crippen LogP) is 7.87. The Morgan fingerprint density at radius 3 is 1.45 bits per heavy atom. The molecular formula is C48H57B2NO2. The molecular weight excluding hydrogens is 644 g/mol. The largest absolute Gasteiger partial charge is 0.385 e. The van der Waals surface area contributed by atoms with Gasteiger partial charge < -0.3 is 14.4 Å². The van der Waals surface area contributed by atoms with E-state index in [4.69, 9.17) is 9.47 Å². The summed E-state index contributed by atoms with van der Waals surface area (Å²) in [4.78, 5) is 2.65. The van der Waals surface area contributed by atoms with Crippen LogP contribution in [0.25, 0.3) is 0 Å². The first-order valence-corrected chi connectivity index (χ1v) is 20.5. The molecule has 0 fully saturated rings. The van der Waals surface area contributed by atoms with Gasteiger partial charge in [0.1, 0.15) is 0 Å². The van der Waals surface area contributed by atoms with Crippen LogP contribution in [-0.4, -0.2) is 40.9 Å². The number of fused-ring (bicyclic) bond motifs is 4. The van der Waals surface area contributed by atoms with E-state index in [-0.39, 0.29) is 13.4 Å². The van der Waals surface area contributed by atoms with Crippen molar-refractivity contribution in [3.05, 3.63) is 126 Å². The summed E-state index contributed by atoms with van der Waals surface area (Å²) in [6.45, 7) is 2.12. The normalized spacial score (nSPS) is 12.8. The van der Waals surface area contributed by atoms with Crippen molar-refractivity contribution in [2.75, 3.05) is 32.3 Å². The summed E-state index contributed by atoms with van der Waals surface area (Å²) >= 11 is 0. The number of hydrogen-bond donors (Lipinski definition) is 0. The number of aryl methyl sites for hydroxylation is 2. The number of hydrogen-bond acceptors (Lipinski definition) is 3. The van der Waals surface area contributed by atoms with Crippen LogP contribution in [0.3, 0.4) is 0 Å². The van der Waals surface area contributed by atoms with Gasteiger partial charge in [-0.3, -0.25) is 0 Å². The Kier molecular flexibility index (Phi) is 13.2. The maximum absolute atomic E-state index is 5.27. The first-order chi connectivity index (χ1) is 26.3. The number of benzene rings is 5. The Hall–Kier alpha value is -4.05. The average Bonchev–Trinajstić information content (AvgIpc) is 3.20. The molecule has 0 radical (unpaired) electrons. The van der Waals surface area contributed by atoms with Gasteiger partial charge in [-0.15, -0.1) is 0 Å². The third-order valence-corrected chi connectivity index (χ3v) is 11.6. The van der Waals surface area contributed by atoms with E-state index >= 15 is 0 Å². The summed E-state index contributed by atoms with van der Waals surface area (Å²) in [5.74, 6) is 0. The minimum atomic E-state index is 0.180. The summed E-state index contributed by atoms with van der Waals surface area (Å²) in [6, 6.07) is 44.3. The fourth-order valence-electron chi connectivity index (χ4n) is 8.99. The summed E-state index contributed by atoms with van der Waals surface area (Å²) in [7, 11) is 3.61. The molecule has 2 aliphatic heterocycles. The van der Waals surface area contributed by atoms with Gasteiger partial charge in [0.2, 0.25) is 13.4 Å². The molecule has 0 N–H and O–H groups in total. The number of para-hydroxylation sites is 1. The zero-order chi connectivity index (χ0) is 36.2. The van der Waals surface area contributed by atoms with Gasteiger partial charge in [-0.05, 0) is 83.6 Å². The molecule has 0 atom stereocenters. The summed E-state index contributed by atoms with van der Waals surface area (Å²) in [5, 5.41) is 0. The molecule has 53 heavy (non-hydrogen) atoms. The summed E-state index contributed by atoms with van der Waals surface area (Å²) in [5.41, 5.74) is 15.4. The second kappa shape index (κ2) is 18.8. The molecule has 0 aliphatic carbocycles. The van der Waals surface area contributed by atoms with Crippen molar-refractivity contribution < 1.29 is 9.47 Å². The van der Waals surface area contributed by atoms with Gasteiger partial charge in [0.05, 0.1) is 0 Å². The third kappa shape index (κ3) is 8.69. The quantitative estimate of drug-likeness (QED) is 0.0597. The van der Waals surface area contributed by atoms with Gasteiger partial charge in [-0.2, -0.15) is 0 Å². The standard InChI is InChI=1S/C48H57B2NO2/c1-52-33-21-9-5-3-7-13-23-38-31-32-43-47(37-38)51-46-30-20-19-29-42(46)49(40-25-15-11-16-26-40)44-35-39(24-14-8-4-6-10-22-34-53-2)36-45(48(44)51)50(43)41-27-17-12-18-28-41/h11-12,15-20,25-32,35-37H,3-10,13-14,21-24,33-34H2,1-2H3. The number of rotatable bonds is 20. The maximum atomic E-state index is 5.27. The lowest BCUT2D eigenvalue weighted by Crippen LogP contribution is -2.65. The molecule has 0 unspecified atom stereocenters. The number of methoxy groups -OCH3 is 2. The molecule has 0 amide bonds. The van der Waals surface area contributed by atoms with Gasteiger partial charge in [0, 0.05) is 44.5 Å². The van der Waals surface area contributed by atoms with Crippen LogP contribution in [0.4, 0.5) is 17.1 Å². The van der Waals surface area contributed by atoms with Crippen LogP contribution in [0, 0.1) is 0 Å². The molecule has 0 bridgehead atoms. The second-order valence-corrected chi connectivity index (χ2v) is 15.3. The topological polar surface area (TPSA) is 21.7 Å². The van der Waals surface area contributed by atoms with Crippen LogP contribution in [0.1, 0.15) is 88.2 Å². The fraction of sp³-hybridized carbons (Fsp3) is 0.375. The minimum Gasteiger partial charge on any atom is -0.385 e. The second-order valence-electron chi connectivity index (χ2n) is 15.3. The Bertz CT molecular complexity index is 1880. The Balaban J connectivity index is 1.27.